The van der Waals surface area contributed by atoms with E-state index in [2.05, 4.69) is 62.8 Å². The molecule has 0 aliphatic rings. The molecular formula is C17H22N2S. The number of H-pyrrole nitrogens is 1. The van der Waals surface area contributed by atoms with Crippen LogP contribution < -0.4 is 0 Å². The first-order valence-corrected chi connectivity index (χ1v) is 7.33. The van der Waals surface area contributed by atoms with Gasteiger partial charge < -0.3 is 4.98 Å². The molecule has 0 amide bonds. The van der Waals surface area contributed by atoms with Gasteiger partial charge in [0.1, 0.15) is 10.5 Å². The minimum Gasteiger partial charge on any atom is -0.346 e. The first kappa shape index (κ1) is 14.9. The molecule has 3 heteroatoms. The summed E-state index contributed by atoms with van der Waals surface area (Å²) in [6, 6.07) is 8.55. The monoisotopic (exact) mass is 286 g/mol. The summed E-state index contributed by atoms with van der Waals surface area (Å²) in [5.41, 5.74) is 5.02. The molecule has 0 spiro atoms. The highest BCUT2D eigenvalue weighted by Gasteiger charge is 2.15. The van der Waals surface area contributed by atoms with Gasteiger partial charge in [-0.05, 0) is 25.5 Å². The molecule has 20 heavy (non-hydrogen) atoms. The summed E-state index contributed by atoms with van der Waals surface area (Å²) in [4.78, 5) is 7.90. The Kier molecular flexibility index (Phi) is 4.09. The van der Waals surface area contributed by atoms with Crippen molar-refractivity contribution in [2.24, 2.45) is 0 Å². The van der Waals surface area contributed by atoms with Crippen molar-refractivity contribution in [1.29, 1.82) is 0 Å². The molecule has 0 bridgehead atoms. The molecule has 106 valence electrons. The van der Waals surface area contributed by atoms with E-state index in [9.17, 15) is 0 Å². The largest absolute Gasteiger partial charge is 0.346 e. The highest BCUT2D eigenvalue weighted by Crippen LogP contribution is 2.20. The number of hydrogen-bond donors (Lipinski definition) is 1. The highest BCUT2D eigenvalue weighted by molar-refractivity contribution is 7.71. The van der Waals surface area contributed by atoms with Crippen LogP contribution in [0.1, 0.15) is 49.0 Å². The van der Waals surface area contributed by atoms with E-state index in [4.69, 9.17) is 12.2 Å². The van der Waals surface area contributed by atoms with E-state index in [1.165, 1.54) is 16.7 Å². The van der Waals surface area contributed by atoms with Gasteiger partial charge in [-0.15, -0.1) is 0 Å². The Morgan fingerprint density at radius 2 is 1.65 bits per heavy atom. The van der Waals surface area contributed by atoms with Crippen molar-refractivity contribution in [3.05, 3.63) is 57.1 Å². The molecule has 0 fully saturated rings. The predicted molar refractivity (Wildman–Crippen MR) is 86.8 cm³/mol. The van der Waals surface area contributed by atoms with Crippen molar-refractivity contribution in [3.8, 4) is 0 Å². The number of hydrogen-bond acceptors (Lipinski definition) is 2. The Bertz CT molecular complexity index is 658. The quantitative estimate of drug-likeness (QED) is 0.814. The van der Waals surface area contributed by atoms with Gasteiger partial charge in [0, 0.05) is 17.5 Å². The molecule has 0 radical (unpaired) electrons. The summed E-state index contributed by atoms with van der Waals surface area (Å²) >= 11 is 5.29. The van der Waals surface area contributed by atoms with Crippen LogP contribution in [0.25, 0.3) is 0 Å². The van der Waals surface area contributed by atoms with Crippen LogP contribution in [0.3, 0.4) is 0 Å². The van der Waals surface area contributed by atoms with Crippen molar-refractivity contribution in [3.63, 3.8) is 0 Å². The van der Waals surface area contributed by atoms with Gasteiger partial charge in [-0.3, -0.25) is 0 Å². The number of rotatable bonds is 2. The third kappa shape index (κ3) is 3.76. The van der Waals surface area contributed by atoms with Gasteiger partial charge in [0.15, 0.2) is 0 Å². The van der Waals surface area contributed by atoms with Crippen molar-refractivity contribution in [1.82, 2.24) is 9.97 Å². The first-order chi connectivity index (χ1) is 9.24. The van der Waals surface area contributed by atoms with E-state index in [-0.39, 0.29) is 5.41 Å². The topological polar surface area (TPSA) is 28.7 Å². The summed E-state index contributed by atoms with van der Waals surface area (Å²) in [7, 11) is 0. The van der Waals surface area contributed by atoms with E-state index >= 15 is 0 Å². The zero-order valence-electron chi connectivity index (χ0n) is 12.9. The van der Waals surface area contributed by atoms with Gasteiger partial charge in [-0.2, -0.15) is 0 Å². The van der Waals surface area contributed by atoms with Crippen molar-refractivity contribution in [2.45, 2.75) is 46.5 Å². The number of nitrogens with zero attached hydrogens (tertiary/aromatic N) is 1. The van der Waals surface area contributed by atoms with Gasteiger partial charge in [-0.1, -0.05) is 62.3 Å². The van der Waals surface area contributed by atoms with Crippen LogP contribution in [0, 0.1) is 18.5 Å². The lowest BCUT2D eigenvalue weighted by atomic mass is 9.92. The number of nitrogens with one attached hydrogen (secondary N) is 1. The molecule has 1 aromatic heterocycles. The highest BCUT2D eigenvalue weighted by atomic mass is 32.1. The van der Waals surface area contributed by atoms with Gasteiger partial charge in [0.25, 0.3) is 0 Å². The second-order valence-corrected chi connectivity index (χ2v) is 6.92. The van der Waals surface area contributed by atoms with Gasteiger partial charge in [0.05, 0.1) is 0 Å². The molecule has 0 aliphatic carbocycles. The summed E-state index contributed by atoms with van der Waals surface area (Å²) in [5.74, 6) is 0.937. The van der Waals surface area contributed by atoms with Crippen molar-refractivity contribution >= 4 is 12.2 Å². The molecule has 1 aromatic carbocycles. The minimum atomic E-state index is 0.0494. The normalized spacial score (nSPS) is 11.7. The van der Waals surface area contributed by atoms with Crippen LogP contribution in [-0.4, -0.2) is 9.97 Å². The van der Waals surface area contributed by atoms with Gasteiger partial charge in [-0.25, -0.2) is 4.98 Å². The van der Waals surface area contributed by atoms with Crippen LogP contribution in [0.4, 0.5) is 0 Å². The summed E-state index contributed by atoms with van der Waals surface area (Å²) in [6.07, 6.45) is 0.788. The average Bonchev–Trinajstić information content (AvgIpc) is 2.25. The molecule has 0 saturated carbocycles. The Balaban J connectivity index is 2.39. The maximum atomic E-state index is 5.29. The van der Waals surface area contributed by atoms with E-state index in [1.54, 1.807) is 0 Å². The second kappa shape index (κ2) is 5.49. The number of aromatic amines is 1. The molecule has 2 aromatic rings. The Labute approximate surface area is 126 Å². The molecule has 0 aliphatic heterocycles. The summed E-state index contributed by atoms with van der Waals surface area (Å²) < 4.78 is 0.660. The van der Waals surface area contributed by atoms with Crippen LogP contribution in [0.2, 0.25) is 0 Å². The predicted octanol–water partition coefficient (Wildman–Crippen LogP) is 4.64. The fraction of sp³-hybridized carbons (Fsp3) is 0.412. The minimum absolute atomic E-state index is 0.0494. The SMILES string of the molecule is Cc1cc(C)cc(Cc2nc(=S)cc(C(C)(C)C)[nH]2)c1. The Morgan fingerprint density at radius 3 is 2.20 bits per heavy atom. The fourth-order valence-corrected chi connectivity index (χ4v) is 2.59. The van der Waals surface area contributed by atoms with Crippen LogP contribution in [-0.2, 0) is 11.8 Å². The van der Waals surface area contributed by atoms with Gasteiger partial charge >= 0.3 is 0 Å². The smallest absolute Gasteiger partial charge is 0.130 e. The molecule has 1 heterocycles. The lowest BCUT2D eigenvalue weighted by Crippen LogP contribution is -2.15. The van der Waals surface area contributed by atoms with Gasteiger partial charge in [0.2, 0.25) is 0 Å². The lowest BCUT2D eigenvalue weighted by Gasteiger charge is -2.19. The van der Waals surface area contributed by atoms with E-state index in [0.29, 0.717) is 4.64 Å². The van der Waals surface area contributed by atoms with Crippen molar-refractivity contribution in [2.75, 3.05) is 0 Å². The molecular weight excluding hydrogens is 264 g/mol. The average molecular weight is 286 g/mol. The molecule has 1 N–H and O–H groups in total. The maximum Gasteiger partial charge on any atom is 0.130 e. The summed E-state index contributed by atoms with van der Waals surface area (Å²) in [6.45, 7) is 10.8. The fourth-order valence-electron chi connectivity index (χ4n) is 2.36. The molecule has 0 unspecified atom stereocenters. The number of benzene rings is 1. The standard InChI is InChI=1S/C17H22N2S/c1-11-6-12(2)8-13(7-11)9-15-18-14(17(3,4)5)10-16(20)19-15/h6-8,10H,9H2,1-5H3,(H,18,19,20). The van der Waals surface area contributed by atoms with E-state index < -0.39 is 0 Å². The van der Waals surface area contributed by atoms with Crippen LogP contribution >= 0.6 is 12.2 Å². The Hall–Kier alpha value is -1.48. The lowest BCUT2D eigenvalue weighted by molar-refractivity contribution is 0.562. The zero-order chi connectivity index (χ0) is 14.9. The molecule has 0 atom stereocenters. The molecule has 2 nitrogen and oxygen atoms in total. The maximum absolute atomic E-state index is 5.29. The number of aryl methyl sites for hydroxylation is 2. The summed E-state index contributed by atoms with van der Waals surface area (Å²) in [5, 5.41) is 0. The van der Waals surface area contributed by atoms with E-state index in [0.717, 1.165) is 17.9 Å². The number of aromatic nitrogens is 2. The van der Waals surface area contributed by atoms with Crippen LogP contribution in [0.15, 0.2) is 24.3 Å². The van der Waals surface area contributed by atoms with Crippen LogP contribution in [0.5, 0.6) is 0 Å². The van der Waals surface area contributed by atoms with Crippen molar-refractivity contribution < 1.29 is 0 Å². The Morgan fingerprint density at radius 1 is 1.05 bits per heavy atom. The zero-order valence-corrected chi connectivity index (χ0v) is 13.7. The molecule has 2 rings (SSSR count). The second-order valence-electron chi connectivity index (χ2n) is 6.50. The third-order valence-electron chi connectivity index (χ3n) is 3.25. The molecule has 0 saturated heterocycles. The first-order valence-electron chi connectivity index (χ1n) is 6.92. The third-order valence-corrected chi connectivity index (χ3v) is 3.46. The van der Waals surface area contributed by atoms with E-state index in [1.807, 2.05) is 6.07 Å².